The molecule has 2 N–H and O–H groups in total. The Labute approximate surface area is 94.8 Å². The van der Waals surface area contributed by atoms with Gasteiger partial charge in [-0.3, -0.25) is 0 Å². The van der Waals surface area contributed by atoms with E-state index in [4.69, 9.17) is 17.0 Å². The van der Waals surface area contributed by atoms with Crippen molar-refractivity contribution < 1.29 is 0 Å². The predicted octanol–water partition coefficient (Wildman–Crippen LogP) is 1.21. The normalized spacial score (nSPS) is 18.5. The highest BCUT2D eigenvalue weighted by atomic mass is 35.5. The fourth-order valence-electron chi connectivity index (χ4n) is 1.05. The zero-order valence-corrected chi connectivity index (χ0v) is 9.67. The highest BCUT2D eigenvalue weighted by molar-refractivity contribution is 6.73. The van der Waals surface area contributed by atoms with Crippen LogP contribution in [-0.4, -0.2) is 43.0 Å². The third-order valence-corrected chi connectivity index (χ3v) is 2.19. The first kappa shape index (κ1) is 11.9. The van der Waals surface area contributed by atoms with Crippen molar-refractivity contribution in [1.82, 2.24) is 10.2 Å². The van der Waals surface area contributed by atoms with Gasteiger partial charge in [0.2, 0.25) is 0 Å². The fraction of sp³-hybridized carbons (Fsp3) is 0.400. The summed E-state index contributed by atoms with van der Waals surface area (Å²) in [6, 6.07) is 0. The van der Waals surface area contributed by atoms with E-state index in [1.807, 2.05) is 14.1 Å². The van der Waals surface area contributed by atoms with E-state index in [9.17, 15) is 0 Å². The van der Waals surface area contributed by atoms with Gasteiger partial charge in [-0.1, -0.05) is 11.6 Å². The Morgan fingerprint density at radius 3 is 2.93 bits per heavy atom. The van der Waals surface area contributed by atoms with Crippen LogP contribution in [0.4, 0.5) is 0 Å². The lowest BCUT2D eigenvalue weighted by Gasteiger charge is -2.11. The molecule has 1 aliphatic rings. The molecule has 4 nitrogen and oxygen atoms in total. The number of hydrogen-bond acceptors (Lipinski definition) is 4. The second-order valence-corrected chi connectivity index (χ2v) is 3.82. The van der Waals surface area contributed by atoms with E-state index in [1.165, 1.54) is 6.20 Å². The average molecular weight is 227 g/mol. The molecule has 0 spiro atoms. The molecule has 0 aliphatic carbocycles. The third kappa shape index (κ3) is 3.85. The van der Waals surface area contributed by atoms with Gasteiger partial charge in [0.15, 0.2) is 0 Å². The first-order valence-corrected chi connectivity index (χ1v) is 5.06. The first-order valence-electron chi connectivity index (χ1n) is 4.68. The Bertz CT molecular complexity index is 328. The molecular formula is C10H15ClN4. The second-order valence-electron chi connectivity index (χ2n) is 3.46. The van der Waals surface area contributed by atoms with Crippen molar-refractivity contribution in [3.63, 3.8) is 0 Å². The van der Waals surface area contributed by atoms with Gasteiger partial charge in [-0.15, -0.1) is 0 Å². The van der Waals surface area contributed by atoms with Gasteiger partial charge in [0.25, 0.3) is 0 Å². The van der Waals surface area contributed by atoms with E-state index in [0.717, 1.165) is 13.1 Å². The summed E-state index contributed by atoms with van der Waals surface area (Å²) in [7, 11) is 4.02. The lowest BCUT2D eigenvalue weighted by atomic mass is 10.1. The summed E-state index contributed by atoms with van der Waals surface area (Å²) in [5.41, 5.74) is 1.02. The predicted molar refractivity (Wildman–Crippen MR) is 64.8 cm³/mol. The lowest BCUT2D eigenvalue weighted by Crippen LogP contribution is -2.24. The number of nitrogens with one attached hydrogen (secondary N) is 2. The molecule has 0 amide bonds. The Morgan fingerprint density at radius 1 is 1.60 bits per heavy atom. The Hall–Kier alpha value is -1.13. The molecule has 0 atom stereocenters. The SMILES string of the molecule is CN(C)CCN/C=C1\C(=N)C=CN=C1Cl. The lowest BCUT2D eigenvalue weighted by molar-refractivity contribution is 0.410. The maximum atomic E-state index is 7.63. The van der Waals surface area contributed by atoms with Crippen molar-refractivity contribution in [1.29, 1.82) is 5.41 Å². The molecule has 15 heavy (non-hydrogen) atoms. The van der Waals surface area contributed by atoms with Crippen LogP contribution in [-0.2, 0) is 0 Å². The molecule has 0 aromatic carbocycles. The quantitative estimate of drug-likeness (QED) is 0.708. The largest absolute Gasteiger partial charge is 0.389 e. The van der Waals surface area contributed by atoms with Gasteiger partial charge in [0.1, 0.15) is 5.17 Å². The summed E-state index contributed by atoms with van der Waals surface area (Å²) in [4.78, 5) is 5.99. The van der Waals surface area contributed by atoms with Gasteiger partial charge < -0.3 is 15.6 Å². The Morgan fingerprint density at radius 2 is 2.33 bits per heavy atom. The summed E-state index contributed by atoms with van der Waals surface area (Å²) in [5, 5.41) is 11.1. The van der Waals surface area contributed by atoms with Crippen LogP contribution in [0.25, 0.3) is 0 Å². The van der Waals surface area contributed by atoms with Crippen LogP contribution in [0.3, 0.4) is 0 Å². The molecule has 0 saturated carbocycles. The van der Waals surface area contributed by atoms with Gasteiger partial charge in [-0.05, 0) is 20.2 Å². The van der Waals surface area contributed by atoms with Crippen molar-refractivity contribution in [3.8, 4) is 0 Å². The molecule has 0 aromatic rings. The maximum Gasteiger partial charge on any atom is 0.139 e. The molecule has 0 saturated heterocycles. The first-order chi connectivity index (χ1) is 7.11. The standard InChI is InChI=1S/C10H15ClN4/c1-15(2)6-5-13-7-8-9(12)3-4-14-10(8)11/h3-4,7,12-13H,5-6H2,1-2H3/b8-7+,12-9?. The summed E-state index contributed by atoms with van der Waals surface area (Å²) in [6.45, 7) is 1.75. The molecule has 0 bridgehead atoms. The topological polar surface area (TPSA) is 51.5 Å². The summed E-state index contributed by atoms with van der Waals surface area (Å²) < 4.78 is 0. The summed E-state index contributed by atoms with van der Waals surface area (Å²) in [5.74, 6) is 0. The van der Waals surface area contributed by atoms with Crippen molar-refractivity contribution in [2.75, 3.05) is 27.2 Å². The second kappa shape index (κ2) is 5.68. The fourth-order valence-corrected chi connectivity index (χ4v) is 1.26. The highest BCUT2D eigenvalue weighted by Gasteiger charge is 2.10. The summed E-state index contributed by atoms with van der Waals surface area (Å²) >= 11 is 5.86. The summed E-state index contributed by atoms with van der Waals surface area (Å²) in [6.07, 6.45) is 4.88. The minimum atomic E-state index is 0.361. The van der Waals surface area contributed by atoms with Crippen LogP contribution in [0.15, 0.2) is 29.0 Å². The molecule has 0 fully saturated rings. The maximum absolute atomic E-state index is 7.63. The molecule has 0 unspecified atom stereocenters. The van der Waals surface area contributed by atoms with Gasteiger partial charge >= 0.3 is 0 Å². The zero-order chi connectivity index (χ0) is 11.3. The smallest absolute Gasteiger partial charge is 0.139 e. The minimum Gasteiger partial charge on any atom is -0.389 e. The average Bonchev–Trinajstić information content (AvgIpc) is 2.15. The van der Waals surface area contributed by atoms with Gasteiger partial charge in [-0.2, -0.15) is 0 Å². The number of rotatable bonds is 4. The molecule has 0 aromatic heterocycles. The van der Waals surface area contributed by atoms with E-state index in [0.29, 0.717) is 16.5 Å². The van der Waals surface area contributed by atoms with Gasteiger partial charge in [-0.25, -0.2) is 4.99 Å². The number of nitrogens with zero attached hydrogens (tertiary/aromatic N) is 2. The van der Waals surface area contributed by atoms with Crippen LogP contribution in [0.2, 0.25) is 0 Å². The van der Waals surface area contributed by atoms with Crippen LogP contribution < -0.4 is 5.32 Å². The molecule has 82 valence electrons. The number of likely N-dealkylation sites (N-methyl/N-ethyl adjacent to an activating group) is 1. The molecule has 0 radical (unpaired) electrons. The third-order valence-electron chi connectivity index (χ3n) is 1.89. The van der Waals surface area contributed by atoms with Crippen molar-refractivity contribution in [3.05, 3.63) is 24.0 Å². The van der Waals surface area contributed by atoms with Crippen LogP contribution >= 0.6 is 11.6 Å². The molecule has 1 aliphatic heterocycles. The van der Waals surface area contributed by atoms with Crippen molar-refractivity contribution in [2.24, 2.45) is 4.99 Å². The van der Waals surface area contributed by atoms with E-state index in [-0.39, 0.29) is 0 Å². The van der Waals surface area contributed by atoms with E-state index < -0.39 is 0 Å². The Balaban J connectivity index is 2.48. The molecule has 1 heterocycles. The molecule has 5 heteroatoms. The Kier molecular flexibility index (Phi) is 4.52. The number of halogens is 1. The number of allylic oxidation sites excluding steroid dienone is 2. The molecule has 1 rings (SSSR count). The van der Waals surface area contributed by atoms with E-state index >= 15 is 0 Å². The highest BCUT2D eigenvalue weighted by Crippen LogP contribution is 2.10. The zero-order valence-electron chi connectivity index (χ0n) is 8.92. The monoisotopic (exact) mass is 226 g/mol. The van der Waals surface area contributed by atoms with Crippen LogP contribution in [0, 0.1) is 5.41 Å². The van der Waals surface area contributed by atoms with Crippen molar-refractivity contribution >= 4 is 22.5 Å². The van der Waals surface area contributed by atoms with Crippen LogP contribution in [0.5, 0.6) is 0 Å². The number of hydrogen-bond donors (Lipinski definition) is 2. The van der Waals surface area contributed by atoms with E-state index in [1.54, 1.807) is 12.3 Å². The molecular weight excluding hydrogens is 212 g/mol. The van der Waals surface area contributed by atoms with Gasteiger partial charge in [0, 0.05) is 25.5 Å². The van der Waals surface area contributed by atoms with Gasteiger partial charge in [0.05, 0.1) is 11.3 Å². The number of aliphatic imine (C=N–C) groups is 1. The van der Waals surface area contributed by atoms with Crippen LogP contribution in [0.1, 0.15) is 0 Å². The van der Waals surface area contributed by atoms with Crippen molar-refractivity contribution in [2.45, 2.75) is 0 Å². The minimum absolute atomic E-state index is 0.361. The van der Waals surface area contributed by atoms with E-state index in [2.05, 4.69) is 15.2 Å².